The highest BCUT2D eigenvalue weighted by Gasteiger charge is 2.37. The summed E-state index contributed by atoms with van der Waals surface area (Å²) in [7, 11) is 3.38. The summed E-state index contributed by atoms with van der Waals surface area (Å²) in [6, 6.07) is 0. The van der Waals surface area contributed by atoms with Gasteiger partial charge < -0.3 is 19.6 Å². The van der Waals surface area contributed by atoms with Crippen LogP contribution in [0.15, 0.2) is 6.33 Å². The molecular formula is C13H17N3O3. The molecular weight excluding hydrogens is 246 g/mol. The van der Waals surface area contributed by atoms with E-state index in [-0.39, 0.29) is 11.5 Å². The lowest BCUT2D eigenvalue weighted by molar-refractivity contribution is -0.0721. The van der Waals surface area contributed by atoms with Gasteiger partial charge in [-0.25, -0.2) is 9.97 Å². The molecule has 0 spiro atoms. The van der Waals surface area contributed by atoms with Crippen LogP contribution in [0.5, 0.6) is 5.88 Å². The first-order valence-corrected chi connectivity index (χ1v) is 6.26. The second-order valence-electron chi connectivity index (χ2n) is 5.00. The number of ether oxygens (including phenoxy) is 2. The van der Waals surface area contributed by atoms with Gasteiger partial charge in [-0.05, 0) is 18.4 Å². The van der Waals surface area contributed by atoms with E-state index in [2.05, 4.69) is 15.0 Å². The topological polar surface area (TPSA) is 80.3 Å². The first-order valence-electron chi connectivity index (χ1n) is 6.26. The molecule has 0 aliphatic heterocycles. The number of methoxy groups -OCH3 is 2. The zero-order chi connectivity index (χ0) is 13.5. The van der Waals surface area contributed by atoms with Crippen LogP contribution in [0, 0.1) is 0 Å². The van der Waals surface area contributed by atoms with Gasteiger partial charge in [0.2, 0.25) is 5.88 Å². The molecule has 0 saturated heterocycles. The van der Waals surface area contributed by atoms with Crippen molar-refractivity contribution in [1.29, 1.82) is 0 Å². The Labute approximate surface area is 110 Å². The van der Waals surface area contributed by atoms with E-state index in [1.54, 1.807) is 14.2 Å². The van der Waals surface area contributed by atoms with Crippen LogP contribution in [-0.4, -0.2) is 46.5 Å². The number of H-pyrrole nitrogens is 1. The third-order valence-electron chi connectivity index (χ3n) is 3.93. The fourth-order valence-corrected chi connectivity index (χ4v) is 2.91. The Bertz CT molecular complexity index is 610. The molecule has 19 heavy (non-hydrogen) atoms. The minimum Gasteiger partial charge on any atom is -0.493 e. The van der Waals surface area contributed by atoms with Gasteiger partial charge in [-0.1, -0.05) is 0 Å². The van der Waals surface area contributed by atoms with Gasteiger partial charge in [-0.2, -0.15) is 0 Å². The Morgan fingerprint density at radius 3 is 3.00 bits per heavy atom. The van der Waals surface area contributed by atoms with Crippen LogP contribution in [0.25, 0.3) is 11.0 Å². The number of fused-ring (bicyclic) bond motifs is 3. The lowest BCUT2D eigenvalue weighted by Gasteiger charge is -2.35. The second kappa shape index (κ2) is 4.47. The minimum absolute atomic E-state index is 0.0202. The van der Waals surface area contributed by atoms with Gasteiger partial charge in [-0.3, -0.25) is 0 Å². The van der Waals surface area contributed by atoms with Crippen molar-refractivity contribution in [3.63, 3.8) is 0 Å². The SMILES string of the molecule is COCC1(OC)CCc2[nH]c3ncnc(O)c3c2C1. The molecule has 2 N–H and O–H groups in total. The molecule has 0 bridgehead atoms. The van der Waals surface area contributed by atoms with E-state index in [9.17, 15) is 5.11 Å². The molecule has 6 nitrogen and oxygen atoms in total. The molecule has 1 aliphatic rings. The highest BCUT2D eigenvalue weighted by molar-refractivity contribution is 5.86. The normalized spacial score (nSPS) is 22.6. The minimum atomic E-state index is -0.334. The van der Waals surface area contributed by atoms with Crippen molar-refractivity contribution in [2.45, 2.75) is 24.9 Å². The summed E-state index contributed by atoms with van der Waals surface area (Å²) in [5.74, 6) is 0.0202. The smallest absolute Gasteiger partial charge is 0.223 e. The summed E-state index contributed by atoms with van der Waals surface area (Å²) in [6.07, 6.45) is 3.78. The fourth-order valence-electron chi connectivity index (χ4n) is 2.91. The van der Waals surface area contributed by atoms with Crippen LogP contribution in [0.3, 0.4) is 0 Å². The lowest BCUT2D eigenvalue weighted by Crippen LogP contribution is -2.42. The largest absolute Gasteiger partial charge is 0.493 e. The highest BCUT2D eigenvalue weighted by Crippen LogP contribution is 2.37. The van der Waals surface area contributed by atoms with E-state index in [1.165, 1.54) is 6.33 Å². The highest BCUT2D eigenvalue weighted by atomic mass is 16.5. The van der Waals surface area contributed by atoms with Crippen LogP contribution in [0.4, 0.5) is 0 Å². The molecule has 0 radical (unpaired) electrons. The predicted molar refractivity (Wildman–Crippen MR) is 69.2 cm³/mol. The molecule has 0 aromatic carbocycles. The molecule has 2 heterocycles. The summed E-state index contributed by atoms with van der Waals surface area (Å²) >= 11 is 0. The van der Waals surface area contributed by atoms with Crippen LogP contribution in [0.1, 0.15) is 17.7 Å². The number of nitrogens with zero attached hydrogens (tertiary/aromatic N) is 2. The number of nitrogens with one attached hydrogen (secondary N) is 1. The van der Waals surface area contributed by atoms with Crippen molar-refractivity contribution in [2.24, 2.45) is 0 Å². The quantitative estimate of drug-likeness (QED) is 0.869. The van der Waals surface area contributed by atoms with Crippen LogP contribution in [0.2, 0.25) is 0 Å². The van der Waals surface area contributed by atoms with E-state index in [4.69, 9.17) is 9.47 Å². The molecule has 1 aliphatic carbocycles. The molecule has 1 atom stereocenters. The maximum atomic E-state index is 9.95. The summed E-state index contributed by atoms with van der Waals surface area (Å²) in [5, 5.41) is 10.6. The number of aromatic amines is 1. The lowest BCUT2D eigenvalue weighted by atomic mass is 9.83. The van der Waals surface area contributed by atoms with Gasteiger partial charge in [0.05, 0.1) is 17.6 Å². The average Bonchev–Trinajstić information content (AvgIpc) is 2.78. The Morgan fingerprint density at radius 2 is 2.26 bits per heavy atom. The molecule has 0 fully saturated rings. The molecule has 3 rings (SSSR count). The first-order chi connectivity index (χ1) is 9.19. The Morgan fingerprint density at radius 1 is 1.42 bits per heavy atom. The monoisotopic (exact) mass is 263 g/mol. The molecule has 6 heteroatoms. The number of hydrogen-bond acceptors (Lipinski definition) is 5. The number of aromatic hydroxyl groups is 1. The van der Waals surface area contributed by atoms with E-state index in [1.807, 2.05) is 0 Å². The summed E-state index contributed by atoms with van der Waals surface area (Å²) < 4.78 is 11.0. The van der Waals surface area contributed by atoms with Gasteiger partial charge in [0.25, 0.3) is 0 Å². The van der Waals surface area contributed by atoms with Crippen molar-refractivity contribution in [3.05, 3.63) is 17.6 Å². The summed E-state index contributed by atoms with van der Waals surface area (Å²) in [4.78, 5) is 11.3. The molecule has 2 aromatic rings. The van der Waals surface area contributed by atoms with Gasteiger partial charge in [0.1, 0.15) is 12.0 Å². The van der Waals surface area contributed by atoms with Crippen molar-refractivity contribution in [1.82, 2.24) is 15.0 Å². The van der Waals surface area contributed by atoms with E-state index in [0.717, 1.165) is 24.1 Å². The van der Waals surface area contributed by atoms with Crippen LogP contribution < -0.4 is 0 Å². The molecule has 1 unspecified atom stereocenters. The van der Waals surface area contributed by atoms with Crippen molar-refractivity contribution >= 4 is 11.0 Å². The van der Waals surface area contributed by atoms with E-state index >= 15 is 0 Å². The number of aromatic nitrogens is 3. The van der Waals surface area contributed by atoms with Gasteiger partial charge >= 0.3 is 0 Å². The zero-order valence-electron chi connectivity index (χ0n) is 11.1. The number of rotatable bonds is 3. The number of aryl methyl sites for hydroxylation is 1. The zero-order valence-corrected chi connectivity index (χ0v) is 11.1. The average molecular weight is 263 g/mol. The van der Waals surface area contributed by atoms with Gasteiger partial charge in [0.15, 0.2) is 0 Å². The third-order valence-corrected chi connectivity index (χ3v) is 3.93. The maximum Gasteiger partial charge on any atom is 0.223 e. The molecule has 0 saturated carbocycles. The third kappa shape index (κ3) is 1.87. The van der Waals surface area contributed by atoms with Crippen LogP contribution in [-0.2, 0) is 22.3 Å². The molecule has 0 amide bonds. The van der Waals surface area contributed by atoms with Gasteiger partial charge in [-0.15, -0.1) is 0 Å². The molecule has 102 valence electrons. The predicted octanol–water partition coefficient (Wildman–Crippen LogP) is 1.18. The maximum absolute atomic E-state index is 9.95. The van der Waals surface area contributed by atoms with Gasteiger partial charge in [0, 0.05) is 26.3 Å². The molecule has 2 aromatic heterocycles. The first kappa shape index (κ1) is 12.4. The van der Waals surface area contributed by atoms with E-state index in [0.29, 0.717) is 24.1 Å². The van der Waals surface area contributed by atoms with Crippen molar-refractivity contribution < 1.29 is 14.6 Å². The second-order valence-corrected chi connectivity index (χ2v) is 5.00. The van der Waals surface area contributed by atoms with Crippen molar-refractivity contribution in [3.8, 4) is 5.88 Å². The standard InChI is InChI=1S/C13H17N3O3/c1-18-6-13(19-2)4-3-9-8(5-13)10-11(16-9)14-7-15-12(10)17/h7H,3-6H2,1-2H3,(H2,14,15,16,17). The Balaban J connectivity index is 2.10. The fraction of sp³-hybridized carbons (Fsp3) is 0.538. The number of hydrogen-bond donors (Lipinski definition) is 2. The Hall–Kier alpha value is -1.66. The van der Waals surface area contributed by atoms with Crippen LogP contribution >= 0.6 is 0 Å². The Kier molecular flexibility index (Phi) is 2.91. The summed E-state index contributed by atoms with van der Waals surface area (Å²) in [5.41, 5.74) is 2.49. The van der Waals surface area contributed by atoms with E-state index < -0.39 is 0 Å². The van der Waals surface area contributed by atoms with Crippen molar-refractivity contribution in [2.75, 3.05) is 20.8 Å². The summed E-state index contributed by atoms with van der Waals surface area (Å²) in [6.45, 7) is 0.532.